The molecule has 2 aliphatic carbocycles. The Morgan fingerprint density at radius 1 is 1.05 bits per heavy atom. The van der Waals surface area contributed by atoms with E-state index >= 15 is 0 Å². The van der Waals surface area contributed by atoms with E-state index in [2.05, 4.69) is 36.9 Å². The highest BCUT2D eigenvalue weighted by atomic mass is 32.2. The van der Waals surface area contributed by atoms with E-state index in [9.17, 15) is 40.8 Å². The minimum absolute atomic E-state index is 0.0166. The number of likely N-dealkylation sites (tertiary alicyclic amines) is 1. The van der Waals surface area contributed by atoms with E-state index in [4.69, 9.17) is 13.9 Å². The maximum absolute atomic E-state index is 14.9. The highest BCUT2D eigenvalue weighted by Crippen LogP contribution is 2.46. The zero-order valence-corrected chi connectivity index (χ0v) is 35.9. The van der Waals surface area contributed by atoms with Crippen LogP contribution in [0.25, 0.3) is 33.5 Å². The van der Waals surface area contributed by atoms with Gasteiger partial charge in [-0.1, -0.05) is 51.1 Å². The van der Waals surface area contributed by atoms with Gasteiger partial charge >= 0.3 is 12.1 Å². The summed E-state index contributed by atoms with van der Waals surface area (Å²) in [6.07, 6.45) is -3.39. The average Bonchev–Trinajstić information content (AvgIpc) is 4.07. The molecule has 3 amide bonds. The molecule has 1 aliphatic heterocycles. The molecule has 1 saturated heterocycles. The lowest BCUT2D eigenvalue weighted by molar-refractivity contribution is -0.141. The second kappa shape index (κ2) is 15.9. The SMILES string of the molecule is C=CC1CC1(NC(=O)[C@@H]1C[C@@H](Oc2nc(-c3ccc(C(F)(F)F)cc3)nc3c2oc2ccccc23)CN1C(=O)[C@@H](Nc1nc(C(=O)OC)cs1)C(C)(C)C)C(=O)NS(=O)(=O)C1CC1. The van der Waals surface area contributed by atoms with Crippen LogP contribution in [0.15, 0.2) is 71.0 Å². The number of ether oxygens (including phenoxy) is 2. The van der Waals surface area contributed by atoms with Crippen LogP contribution in [-0.2, 0) is 35.3 Å². The largest absolute Gasteiger partial charge is 0.470 e. The van der Waals surface area contributed by atoms with Gasteiger partial charge in [-0.05, 0) is 48.9 Å². The number of nitrogens with zero attached hydrogens (tertiary/aromatic N) is 4. The first-order valence-corrected chi connectivity index (χ1v) is 22.3. The van der Waals surface area contributed by atoms with Gasteiger partial charge in [0, 0.05) is 28.7 Å². The lowest BCUT2D eigenvalue weighted by atomic mass is 9.85. The predicted octanol–water partition coefficient (Wildman–Crippen LogP) is 5.85. The van der Waals surface area contributed by atoms with Gasteiger partial charge in [0.15, 0.2) is 16.6 Å². The second-order valence-electron chi connectivity index (χ2n) is 16.8. The minimum atomic E-state index is -4.58. The van der Waals surface area contributed by atoms with Crippen molar-refractivity contribution in [2.24, 2.45) is 11.3 Å². The van der Waals surface area contributed by atoms with Crippen LogP contribution >= 0.6 is 11.3 Å². The van der Waals surface area contributed by atoms with Crippen LogP contribution in [0.4, 0.5) is 18.3 Å². The van der Waals surface area contributed by atoms with Crippen LogP contribution in [0.5, 0.6) is 5.88 Å². The van der Waals surface area contributed by atoms with Crippen molar-refractivity contribution in [3.8, 4) is 17.3 Å². The zero-order valence-electron chi connectivity index (χ0n) is 34.3. The van der Waals surface area contributed by atoms with Crippen LogP contribution in [0.3, 0.4) is 0 Å². The maximum Gasteiger partial charge on any atom is 0.416 e. The number of halogens is 3. The molecule has 3 aromatic heterocycles. The number of esters is 1. The number of carbonyl (C=O) groups excluding carboxylic acids is 4. The first-order chi connectivity index (χ1) is 29.7. The molecule has 21 heteroatoms. The van der Waals surface area contributed by atoms with Gasteiger partial charge in [-0.25, -0.2) is 23.2 Å². The number of furan rings is 1. The molecule has 4 heterocycles. The summed E-state index contributed by atoms with van der Waals surface area (Å²) in [6, 6.07) is 8.88. The monoisotopic (exact) mass is 909 g/mol. The number of hydrogen-bond donors (Lipinski definition) is 3. The minimum Gasteiger partial charge on any atom is -0.470 e. The van der Waals surface area contributed by atoms with E-state index in [1.165, 1.54) is 35.6 Å². The fourth-order valence-electron chi connectivity index (χ4n) is 7.61. The van der Waals surface area contributed by atoms with Crippen LogP contribution in [0, 0.1) is 11.3 Å². The van der Waals surface area contributed by atoms with Crippen LogP contribution in [-0.4, -0.2) is 94.6 Å². The van der Waals surface area contributed by atoms with Gasteiger partial charge in [0.2, 0.25) is 27.4 Å². The van der Waals surface area contributed by atoms with E-state index in [-0.39, 0.29) is 53.1 Å². The Bertz CT molecular complexity index is 2770. The average molecular weight is 910 g/mol. The first-order valence-electron chi connectivity index (χ1n) is 19.9. The van der Waals surface area contributed by atoms with Crippen molar-refractivity contribution in [3.05, 3.63) is 77.8 Å². The molecule has 0 spiro atoms. The molecule has 3 fully saturated rings. The Morgan fingerprint density at radius 3 is 2.40 bits per heavy atom. The lowest BCUT2D eigenvalue weighted by Crippen LogP contribution is -2.58. The Labute approximate surface area is 362 Å². The highest BCUT2D eigenvalue weighted by Gasteiger charge is 2.62. The Hall–Kier alpha value is -6.09. The van der Waals surface area contributed by atoms with Crippen LogP contribution in [0.2, 0.25) is 0 Å². The molecule has 5 atom stereocenters. The molecular formula is C42H42F3N7O9S2. The summed E-state index contributed by atoms with van der Waals surface area (Å²) < 4.78 is 85.7. The number of fused-ring (bicyclic) bond motifs is 3. The van der Waals surface area contributed by atoms with Crippen molar-refractivity contribution in [2.45, 2.75) is 81.6 Å². The number of benzene rings is 2. The number of methoxy groups -OCH3 is 1. The van der Waals surface area contributed by atoms with Gasteiger partial charge in [0.1, 0.15) is 34.8 Å². The topological polar surface area (TPSA) is 212 Å². The number of sulfonamides is 1. The lowest BCUT2D eigenvalue weighted by Gasteiger charge is -2.35. The Balaban J connectivity index is 1.15. The third kappa shape index (κ3) is 8.54. The summed E-state index contributed by atoms with van der Waals surface area (Å²) in [7, 11) is -2.78. The van der Waals surface area contributed by atoms with Gasteiger partial charge < -0.3 is 29.4 Å². The third-order valence-corrected chi connectivity index (χ3v) is 13.9. The van der Waals surface area contributed by atoms with Gasteiger partial charge in [-0.15, -0.1) is 17.9 Å². The number of carbonyl (C=O) groups is 4. The third-order valence-electron chi connectivity index (χ3n) is 11.3. The highest BCUT2D eigenvalue weighted by molar-refractivity contribution is 7.91. The normalized spacial score (nSPS) is 21.8. The molecule has 3 aliphatic rings. The molecule has 2 unspecified atom stereocenters. The van der Waals surface area contributed by atoms with E-state index in [1.807, 2.05) is 0 Å². The van der Waals surface area contributed by atoms with E-state index in [0.29, 0.717) is 29.3 Å². The van der Waals surface area contributed by atoms with E-state index < -0.39 is 85.8 Å². The fourth-order valence-corrected chi connectivity index (χ4v) is 9.68. The van der Waals surface area contributed by atoms with Crippen molar-refractivity contribution in [2.75, 3.05) is 19.0 Å². The molecular weight excluding hydrogens is 868 g/mol. The number of rotatable bonds is 13. The van der Waals surface area contributed by atoms with Gasteiger partial charge in [0.05, 0.1) is 24.5 Å². The van der Waals surface area contributed by atoms with Gasteiger partial charge in [-0.2, -0.15) is 18.2 Å². The number of hydrogen-bond acceptors (Lipinski definition) is 14. The summed E-state index contributed by atoms with van der Waals surface area (Å²) in [4.78, 5) is 70.1. The molecule has 3 N–H and O–H groups in total. The Morgan fingerprint density at radius 2 is 1.76 bits per heavy atom. The second-order valence-corrected chi connectivity index (χ2v) is 19.7. The number of aromatic nitrogens is 3. The number of para-hydroxylation sites is 1. The molecule has 8 rings (SSSR count). The molecule has 2 saturated carbocycles. The Kier molecular flexibility index (Phi) is 11.0. The first kappa shape index (κ1) is 43.6. The molecule has 0 radical (unpaired) electrons. The molecule has 0 bridgehead atoms. The molecule has 332 valence electrons. The summed E-state index contributed by atoms with van der Waals surface area (Å²) in [5.41, 5.74) is -2.28. The van der Waals surface area contributed by atoms with Gasteiger partial charge in [0.25, 0.3) is 11.8 Å². The van der Waals surface area contributed by atoms with E-state index in [0.717, 1.165) is 23.5 Å². The molecule has 5 aromatic rings. The number of amides is 3. The van der Waals surface area contributed by atoms with Crippen molar-refractivity contribution >= 4 is 72.3 Å². The summed E-state index contributed by atoms with van der Waals surface area (Å²) in [5.74, 6) is -3.64. The summed E-state index contributed by atoms with van der Waals surface area (Å²) in [6.45, 7) is 8.92. The zero-order chi connectivity index (χ0) is 45.2. The summed E-state index contributed by atoms with van der Waals surface area (Å²) in [5, 5.41) is 7.43. The van der Waals surface area contributed by atoms with Crippen molar-refractivity contribution in [1.29, 1.82) is 0 Å². The van der Waals surface area contributed by atoms with Crippen molar-refractivity contribution in [3.63, 3.8) is 0 Å². The van der Waals surface area contributed by atoms with E-state index in [1.54, 1.807) is 45.0 Å². The number of alkyl halides is 3. The maximum atomic E-state index is 14.9. The van der Waals surface area contributed by atoms with Crippen molar-refractivity contribution in [1.82, 2.24) is 29.9 Å². The fraction of sp³-hybridized carbons (Fsp3) is 0.405. The van der Waals surface area contributed by atoms with Crippen LogP contribution in [0.1, 0.15) is 62.5 Å². The number of anilines is 1. The van der Waals surface area contributed by atoms with Crippen LogP contribution < -0.4 is 20.1 Å². The summed E-state index contributed by atoms with van der Waals surface area (Å²) >= 11 is 1.06. The van der Waals surface area contributed by atoms with Gasteiger partial charge in [-0.3, -0.25) is 19.1 Å². The molecule has 63 heavy (non-hydrogen) atoms. The molecule has 16 nitrogen and oxygen atoms in total. The standard InChI is InChI=1S/C42H42F3N7O9S2/c1-6-22-18-41(22,38(56)51-63(57,58)25-15-16-25)50-34(53)28-17-24(19-52(28)36(54)32(40(2,3)4)48-39-46-27(20-62-39)37(55)59-5)60-35-31-30(26-9-7-8-10-29(26)61-31)47-33(49-35)21-11-13-23(14-12-21)42(43,44)45/h6-14,20,22,24-25,28,32H,1,15-19H2,2-5H3,(H,46,48)(H,50,53)(H,51,56)/t22?,24-,28+,32-,41?/m1/s1. The molecule has 2 aromatic carbocycles. The quantitative estimate of drug-likeness (QED) is 0.0936. The predicted molar refractivity (Wildman–Crippen MR) is 224 cm³/mol. The number of nitrogens with one attached hydrogen (secondary N) is 3. The smallest absolute Gasteiger partial charge is 0.416 e. The van der Waals surface area contributed by atoms with Crippen molar-refractivity contribution < 1.29 is 54.7 Å². The number of thiazole rings is 1.